The summed E-state index contributed by atoms with van der Waals surface area (Å²) in [6, 6.07) is 10.8. The van der Waals surface area contributed by atoms with Crippen LogP contribution < -0.4 is 9.47 Å². The third-order valence-electron chi connectivity index (χ3n) is 3.13. The molecule has 1 unspecified atom stereocenters. The predicted octanol–water partition coefficient (Wildman–Crippen LogP) is 3.96. The van der Waals surface area contributed by atoms with E-state index in [1.54, 1.807) is 18.2 Å². The van der Waals surface area contributed by atoms with E-state index in [-0.39, 0.29) is 0 Å². The number of halogens is 2. The summed E-state index contributed by atoms with van der Waals surface area (Å²) in [5.74, 6) is 1.30. The van der Waals surface area contributed by atoms with E-state index in [9.17, 15) is 5.11 Å². The Labute approximate surface area is 130 Å². The molecule has 0 aromatic heterocycles. The molecule has 1 atom stereocenters. The molecule has 0 saturated carbocycles. The van der Waals surface area contributed by atoms with E-state index in [0.29, 0.717) is 40.9 Å². The van der Waals surface area contributed by atoms with Crippen molar-refractivity contribution >= 4 is 27.5 Å². The largest absolute Gasteiger partial charge is 0.486 e. The molecule has 104 valence electrons. The molecule has 5 heteroatoms. The van der Waals surface area contributed by atoms with E-state index in [4.69, 9.17) is 21.1 Å². The second kappa shape index (κ2) is 5.64. The van der Waals surface area contributed by atoms with E-state index >= 15 is 0 Å². The average molecular weight is 356 g/mol. The molecule has 3 rings (SSSR count). The summed E-state index contributed by atoms with van der Waals surface area (Å²) in [4.78, 5) is 0. The number of aliphatic hydroxyl groups excluding tert-OH is 1. The Morgan fingerprint density at radius 1 is 1.15 bits per heavy atom. The smallest absolute Gasteiger partial charge is 0.175 e. The van der Waals surface area contributed by atoms with Crippen LogP contribution in [0.1, 0.15) is 17.2 Å². The van der Waals surface area contributed by atoms with Crippen molar-refractivity contribution in [2.75, 3.05) is 13.2 Å². The van der Waals surface area contributed by atoms with Gasteiger partial charge >= 0.3 is 0 Å². The van der Waals surface area contributed by atoms with Gasteiger partial charge in [-0.25, -0.2) is 0 Å². The molecule has 0 aliphatic carbocycles. The number of fused-ring (bicyclic) bond motifs is 1. The lowest BCUT2D eigenvalue weighted by atomic mass is 10.0. The highest BCUT2D eigenvalue weighted by atomic mass is 79.9. The molecule has 1 N–H and O–H groups in total. The van der Waals surface area contributed by atoms with Crippen LogP contribution in [0.15, 0.2) is 40.9 Å². The molecule has 0 amide bonds. The number of ether oxygens (including phenoxy) is 2. The first-order valence-electron chi connectivity index (χ1n) is 6.18. The molecule has 0 bridgehead atoms. The van der Waals surface area contributed by atoms with Gasteiger partial charge in [0.25, 0.3) is 0 Å². The van der Waals surface area contributed by atoms with Crippen molar-refractivity contribution in [3.05, 3.63) is 57.0 Å². The summed E-state index contributed by atoms with van der Waals surface area (Å²) in [5.41, 5.74) is 1.37. The fraction of sp³-hybridized carbons (Fsp3) is 0.200. The van der Waals surface area contributed by atoms with E-state index in [1.165, 1.54) is 0 Å². The van der Waals surface area contributed by atoms with Crippen LogP contribution in [0.4, 0.5) is 0 Å². The Hall–Kier alpha value is -1.23. The van der Waals surface area contributed by atoms with Crippen LogP contribution >= 0.6 is 27.5 Å². The molecular formula is C15H12BrClO3. The molecule has 0 saturated heterocycles. The Bertz CT molecular complexity index is 645. The Balaban J connectivity index is 2.02. The van der Waals surface area contributed by atoms with Crippen molar-refractivity contribution < 1.29 is 14.6 Å². The number of hydrogen-bond acceptors (Lipinski definition) is 3. The molecule has 1 aliphatic rings. The molecule has 0 radical (unpaired) electrons. The number of rotatable bonds is 2. The average Bonchev–Trinajstić information content (AvgIpc) is 2.47. The van der Waals surface area contributed by atoms with Gasteiger partial charge in [-0.15, -0.1) is 0 Å². The highest BCUT2D eigenvalue weighted by molar-refractivity contribution is 9.10. The quantitative estimate of drug-likeness (QED) is 0.886. The van der Waals surface area contributed by atoms with Crippen molar-refractivity contribution in [3.63, 3.8) is 0 Å². The van der Waals surface area contributed by atoms with Crippen LogP contribution in [-0.2, 0) is 0 Å². The monoisotopic (exact) mass is 354 g/mol. The van der Waals surface area contributed by atoms with E-state index in [0.717, 1.165) is 4.47 Å². The molecule has 3 nitrogen and oxygen atoms in total. The highest BCUT2D eigenvalue weighted by Crippen LogP contribution is 2.41. The Morgan fingerprint density at radius 3 is 2.70 bits per heavy atom. The first-order valence-corrected chi connectivity index (χ1v) is 7.35. The van der Waals surface area contributed by atoms with E-state index < -0.39 is 6.10 Å². The standard InChI is InChI=1S/C15H12BrClO3/c16-11-7-9(8-13-15(11)20-6-5-19-13)14(18)10-3-1-2-4-12(10)17/h1-4,7-8,14,18H,5-6H2. The molecule has 2 aromatic rings. The van der Waals surface area contributed by atoms with Crippen molar-refractivity contribution in [1.29, 1.82) is 0 Å². The number of benzene rings is 2. The molecule has 0 spiro atoms. The molecule has 2 aromatic carbocycles. The van der Waals surface area contributed by atoms with Crippen molar-refractivity contribution in [1.82, 2.24) is 0 Å². The zero-order valence-electron chi connectivity index (χ0n) is 10.5. The Morgan fingerprint density at radius 2 is 1.90 bits per heavy atom. The van der Waals surface area contributed by atoms with Gasteiger partial charge in [-0.05, 0) is 39.7 Å². The fourth-order valence-electron chi connectivity index (χ4n) is 2.17. The first kappa shape index (κ1) is 13.7. The van der Waals surface area contributed by atoms with E-state index in [2.05, 4.69) is 15.9 Å². The van der Waals surface area contributed by atoms with Crippen LogP contribution in [0.25, 0.3) is 0 Å². The maximum atomic E-state index is 10.5. The topological polar surface area (TPSA) is 38.7 Å². The summed E-state index contributed by atoms with van der Waals surface area (Å²) in [6.45, 7) is 1.03. The summed E-state index contributed by atoms with van der Waals surface area (Å²) >= 11 is 9.57. The van der Waals surface area contributed by atoms with Gasteiger partial charge in [0.1, 0.15) is 19.3 Å². The molecule has 0 fully saturated rings. The van der Waals surface area contributed by atoms with Crippen molar-refractivity contribution in [2.45, 2.75) is 6.10 Å². The predicted molar refractivity (Wildman–Crippen MR) is 80.6 cm³/mol. The second-order valence-electron chi connectivity index (χ2n) is 4.45. The second-order valence-corrected chi connectivity index (χ2v) is 5.71. The van der Waals surface area contributed by atoms with Crippen LogP contribution in [0.3, 0.4) is 0 Å². The molecule has 1 aliphatic heterocycles. The summed E-state index contributed by atoms with van der Waals surface area (Å²) < 4.78 is 11.9. The molecule has 20 heavy (non-hydrogen) atoms. The van der Waals surface area contributed by atoms with Crippen LogP contribution in [-0.4, -0.2) is 18.3 Å². The van der Waals surface area contributed by atoms with Gasteiger partial charge in [-0.2, -0.15) is 0 Å². The maximum absolute atomic E-state index is 10.5. The van der Waals surface area contributed by atoms with Crippen molar-refractivity contribution in [3.8, 4) is 11.5 Å². The number of hydrogen-bond donors (Lipinski definition) is 1. The lowest BCUT2D eigenvalue weighted by Crippen LogP contribution is -2.16. The van der Waals surface area contributed by atoms with Gasteiger partial charge in [0, 0.05) is 10.6 Å². The SMILES string of the molecule is OC(c1cc(Br)c2c(c1)OCCO2)c1ccccc1Cl. The lowest BCUT2D eigenvalue weighted by molar-refractivity contribution is 0.168. The fourth-order valence-corrected chi connectivity index (χ4v) is 2.98. The van der Waals surface area contributed by atoms with Crippen LogP contribution in [0.5, 0.6) is 11.5 Å². The summed E-state index contributed by atoms with van der Waals surface area (Å²) in [5, 5.41) is 11.0. The Kier molecular flexibility index (Phi) is 3.87. The summed E-state index contributed by atoms with van der Waals surface area (Å²) in [7, 11) is 0. The molecule has 1 heterocycles. The zero-order valence-corrected chi connectivity index (χ0v) is 12.8. The van der Waals surface area contributed by atoms with Gasteiger partial charge < -0.3 is 14.6 Å². The van der Waals surface area contributed by atoms with Crippen molar-refractivity contribution in [2.24, 2.45) is 0 Å². The molecular weight excluding hydrogens is 344 g/mol. The first-order chi connectivity index (χ1) is 9.66. The van der Waals surface area contributed by atoms with E-state index in [1.807, 2.05) is 18.2 Å². The summed E-state index contributed by atoms with van der Waals surface area (Å²) in [6.07, 6.45) is -0.809. The van der Waals surface area contributed by atoms with Gasteiger partial charge in [-0.3, -0.25) is 0 Å². The van der Waals surface area contributed by atoms with Gasteiger partial charge in [0.15, 0.2) is 11.5 Å². The van der Waals surface area contributed by atoms with Crippen LogP contribution in [0, 0.1) is 0 Å². The van der Waals surface area contributed by atoms with Gasteiger partial charge in [0.05, 0.1) is 4.47 Å². The van der Waals surface area contributed by atoms with Gasteiger partial charge in [-0.1, -0.05) is 29.8 Å². The van der Waals surface area contributed by atoms with Crippen LogP contribution in [0.2, 0.25) is 5.02 Å². The third-order valence-corrected chi connectivity index (χ3v) is 4.07. The zero-order chi connectivity index (χ0) is 14.1. The lowest BCUT2D eigenvalue weighted by Gasteiger charge is -2.22. The minimum atomic E-state index is -0.809. The third kappa shape index (κ3) is 2.51. The minimum absolute atomic E-state index is 0.505. The minimum Gasteiger partial charge on any atom is -0.486 e. The number of aliphatic hydroxyl groups is 1. The normalized spacial score (nSPS) is 14.9. The highest BCUT2D eigenvalue weighted by Gasteiger charge is 2.21. The van der Waals surface area contributed by atoms with Gasteiger partial charge in [0.2, 0.25) is 0 Å². The maximum Gasteiger partial charge on any atom is 0.175 e.